The molecule has 128 valence electrons. The Balaban J connectivity index is 1.28. The topological polar surface area (TPSA) is 28.6 Å². The van der Waals surface area contributed by atoms with Crippen molar-refractivity contribution >= 4 is 11.3 Å². The molecule has 4 nitrogen and oxygen atoms in total. The van der Waals surface area contributed by atoms with E-state index in [4.69, 9.17) is 4.74 Å². The quantitative estimate of drug-likeness (QED) is 0.835. The Hall–Kier alpha value is -1.27. The summed E-state index contributed by atoms with van der Waals surface area (Å²) in [7, 11) is 0. The van der Waals surface area contributed by atoms with Crippen LogP contribution in [0.2, 0.25) is 0 Å². The molecule has 24 heavy (non-hydrogen) atoms. The number of rotatable bonds is 5. The van der Waals surface area contributed by atoms with Gasteiger partial charge in [0.25, 0.3) is 0 Å². The van der Waals surface area contributed by atoms with Crippen LogP contribution in [0.15, 0.2) is 35.7 Å². The molecule has 2 atom stereocenters. The Morgan fingerprint density at radius 1 is 1.21 bits per heavy atom. The van der Waals surface area contributed by atoms with Gasteiger partial charge in [0.05, 0.1) is 18.4 Å². The Morgan fingerprint density at radius 3 is 3.00 bits per heavy atom. The predicted octanol–water partition coefficient (Wildman–Crippen LogP) is 2.93. The van der Waals surface area contributed by atoms with Crippen LogP contribution in [-0.4, -0.2) is 53.1 Å². The zero-order valence-corrected chi connectivity index (χ0v) is 15.0. The monoisotopic (exact) mass is 343 g/mol. The lowest BCUT2D eigenvalue weighted by molar-refractivity contribution is 0.0440. The maximum absolute atomic E-state index is 6.16. The SMILES string of the molecule is Cc1cccc(CO[C@@H]2C[C@H]3CN(Cc4cccs4)CCN3C2)n1. The predicted molar refractivity (Wildman–Crippen MR) is 97.1 cm³/mol. The van der Waals surface area contributed by atoms with Crippen LogP contribution in [0.1, 0.15) is 22.7 Å². The van der Waals surface area contributed by atoms with E-state index in [2.05, 4.69) is 44.4 Å². The zero-order valence-electron chi connectivity index (χ0n) is 14.2. The third kappa shape index (κ3) is 3.86. The highest BCUT2D eigenvalue weighted by Crippen LogP contribution is 2.26. The van der Waals surface area contributed by atoms with E-state index >= 15 is 0 Å². The molecule has 0 aromatic carbocycles. The van der Waals surface area contributed by atoms with E-state index < -0.39 is 0 Å². The van der Waals surface area contributed by atoms with Gasteiger partial charge in [0.15, 0.2) is 0 Å². The van der Waals surface area contributed by atoms with Crippen LogP contribution in [0.3, 0.4) is 0 Å². The van der Waals surface area contributed by atoms with Gasteiger partial charge in [-0.15, -0.1) is 11.3 Å². The van der Waals surface area contributed by atoms with Crippen LogP contribution >= 0.6 is 11.3 Å². The number of piperazine rings is 1. The van der Waals surface area contributed by atoms with Crippen molar-refractivity contribution < 1.29 is 4.74 Å². The number of hydrogen-bond acceptors (Lipinski definition) is 5. The van der Waals surface area contributed by atoms with E-state index in [0.29, 0.717) is 18.8 Å². The van der Waals surface area contributed by atoms with Crippen LogP contribution in [0.25, 0.3) is 0 Å². The second-order valence-corrected chi connectivity index (χ2v) is 7.93. The minimum atomic E-state index is 0.346. The number of ether oxygens (including phenoxy) is 1. The van der Waals surface area contributed by atoms with Gasteiger partial charge in [-0.2, -0.15) is 0 Å². The van der Waals surface area contributed by atoms with Crippen molar-refractivity contribution in [2.45, 2.75) is 38.6 Å². The van der Waals surface area contributed by atoms with Crippen LogP contribution in [0.4, 0.5) is 0 Å². The molecule has 2 aromatic heterocycles. The summed E-state index contributed by atoms with van der Waals surface area (Å²) < 4.78 is 6.16. The van der Waals surface area contributed by atoms with Crippen molar-refractivity contribution in [1.29, 1.82) is 0 Å². The summed E-state index contributed by atoms with van der Waals surface area (Å²) in [6, 6.07) is 11.2. The Bertz CT molecular complexity index is 660. The molecule has 2 aliphatic rings. The molecule has 0 bridgehead atoms. The van der Waals surface area contributed by atoms with Crippen LogP contribution < -0.4 is 0 Å². The molecule has 2 aliphatic heterocycles. The first kappa shape index (κ1) is 16.2. The maximum Gasteiger partial charge on any atom is 0.0892 e. The van der Waals surface area contributed by atoms with Gasteiger partial charge in [0.1, 0.15) is 0 Å². The summed E-state index contributed by atoms with van der Waals surface area (Å²) >= 11 is 1.86. The normalized spacial score (nSPS) is 25.0. The number of aromatic nitrogens is 1. The first-order valence-corrected chi connectivity index (χ1v) is 9.67. The lowest BCUT2D eigenvalue weighted by atomic mass is 10.1. The third-order valence-corrected chi connectivity index (χ3v) is 5.90. The first-order valence-electron chi connectivity index (χ1n) is 8.79. The molecular weight excluding hydrogens is 318 g/mol. The molecule has 5 heteroatoms. The number of pyridine rings is 1. The van der Waals surface area contributed by atoms with Crippen molar-refractivity contribution in [2.24, 2.45) is 0 Å². The molecule has 4 rings (SSSR count). The molecule has 2 saturated heterocycles. The fourth-order valence-electron chi connectivity index (χ4n) is 3.83. The van der Waals surface area contributed by atoms with E-state index in [1.807, 2.05) is 24.3 Å². The highest BCUT2D eigenvalue weighted by atomic mass is 32.1. The number of aryl methyl sites for hydroxylation is 1. The molecule has 2 aromatic rings. The van der Waals surface area contributed by atoms with Crippen molar-refractivity contribution in [3.8, 4) is 0 Å². The first-order chi connectivity index (χ1) is 11.8. The minimum Gasteiger partial charge on any atom is -0.371 e. The summed E-state index contributed by atoms with van der Waals surface area (Å²) in [6.45, 7) is 8.33. The molecule has 0 N–H and O–H groups in total. The molecule has 0 spiro atoms. The van der Waals surface area contributed by atoms with Crippen molar-refractivity contribution in [3.63, 3.8) is 0 Å². The smallest absolute Gasteiger partial charge is 0.0892 e. The van der Waals surface area contributed by atoms with Gasteiger partial charge in [-0.25, -0.2) is 0 Å². The molecule has 4 heterocycles. The average molecular weight is 343 g/mol. The highest BCUT2D eigenvalue weighted by Gasteiger charge is 2.36. The lowest BCUT2D eigenvalue weighted by Gasteiger charge is -2.37. The van der Waals surface area contributed by atoms with Gasteiger partial charge in [-0.1, -0.05) is 12.1 Å². The molecule has 0 aliphatic carbocycles. The number of fused-ring (bicyclic) bond motifs is 1. The van der Waals surface area contributed by atoms with Crippen LogP contribution in [0, 0.1) is 6.92 Å². The number of hydrogen-bond donors (Lipinski definition) is 0. The van der Waals surface area contributed by atoms with Crippen molar-refractivity contribution in [1.82, 2.24) is 14.8 Å². The Kier molecular flexibility index (Phi) is 4.94. The van der Waals surface area contributed by atoms with Gasteiger partial charge in [-0.3, -0.25) is 14.8 Å². The average Bonchev–Trinajstić information content (AvgIpc) is 3.22. The lowest BCUT2D eigenvalue weighted by Crippen LogP contribution is -2.49. The summed E-state index contributed by atoms with van der Waals surface area (Å²) in [6.07, 6.45) is 1.49. The van der Waals surface area contributed by atoms with E-state index in [0.717, 1.165) is 30.9 Å². The molecule has 2 fully saturated rings. The van der Waals surface area contributed by atoms with Crippen LogP contribution in [-0.2, 0) is 17.9 Å². The van der Waals surface area contributed by atoms with Crippen LogP contribution in [0.5, 0.6) is 0 Å². The van der Waals surface area contributed by atoms with Crippen molar-refractivity contribution in [3.05, 3.63) is 52.0 Å². The van der Waals surface area contributed by atoms with E-state index in [1.165, 1.54) is 24.5 Å². The van der Waals surface area contributed by atoms with E-state index in [9.17, 15) is 0 Å². The van der Waals surface area contributed by atoms with E-state index in [1.54, 1.807) is 0 Å². The second-order valence-electron chi connectivity index (χ2n) is 6.90. The number of thiophene rings is 1. The van der Waals surface area contributed by atoms with Gasteiger partial charge in [0, 0.05) is 49.3 Å². The number of nitrogens with zero attached hydrogens (tertiary/aromatic N) is 3. The fraction of sp³-hybridized carbons (Fsp3) is 0.526. The fourth-order valence-corrected chi connectivity index (χ4v) is 4.58. The molecule has 0 saturated carbocycles. The molecule has 0 radical (unpaired) electrons. The Morgan fingerprint density at radius 2 is 2.17 bits per heavy atom. The van der Waals surface area contributed by atoms with Gasteiger partial charge in [0.2, 0.25) is 0 Å². The van der Waals surface area contributed by atoms with E-state index in [-0.39, 0.29) is 0 Å². The summed E-state index contributed by atoms with van der Waals surface area (Å²) in [5.41, 5.74) is 2.10. The minimum absolute atomic E-state index is 0.346. The molecule has 0 unspecified atom stereocenters. The van der Waals surface area contributed by atoms with Gasteiger partial charge in [-0.05, 0) is 36.9 Å². The Labute approximate surface area is 148 Å². The van der Waals surface area contributed by atoms with Gasteiger partial charge >= 0.3 is 0 Å². The summed E-state index contributed by atoms with van der Waals surface area (Å²) in [5.74, 6) is 0. The second kappa shape index (κ2) is 7.31. The maximum atomic E-state index is 6.16. The molecule has 0 amide bonds. The largest absolute Gasteiger partial charge is 0.371 e. The van der Waals surface area contributed by atoms with Gasteiger partial charge < -0.3 is 4.74 Å². The molecular formula is C19H25N3OS. The highest BCUT2D eigenvalue weighted by molar-refractivity contribution is 7.09. The summed E-state index contributed by atoms with van der Waals surface area (Å²) in [4.78, 5) is 11.2. The standard InChI is InChI=1S/C19H25N3OS/c1-15-4-2-5-16(20-15)14-23-18-10-17-11-21(7-8-22(17)12-18)13-19-6-3-9-24-19/h2-6,9,17-18H,7-8,10-14H2,1H3/t17-,18+/m0/s1. The summed E-state index contributed by atoms with van der Waals surface area (Å²) in [5, 5.41) is 2.17. The zero-order chi connectivity index (χ0) is 16.4. The third-order valence-electron chi connectivity index (χ3n) is 5.03. The van der Waals surface area contributed by atoms with Crippen molar-refractivity contribution in [2.75, 3.05) is 26.2 Å².